The topological polar surface area (TPSA) is 65.7 Å². The lowest BCUT2D eigenvalue weighted by Crippen LogP contribution is -2.41. The lowest BCUT2D eigenvalue weighted by molar-refractivity contribution is 0.173. The van der Waals surface area contributed by atoms with Gasteiger partial charge >= 0.3 is 0 Å². The van der Waals surface area contributed by atoms with Crippen molar-refractivity contribution in [3.63, 3.8) is 0 Å². The molecule has 0 fully saturated rings. The second-order valence-electron chi connectivity index (χ2n) is 6.27. The summed E-state index contributed by atoms with van der Waals surface area (Å²) in [6, 6.07) is 3.13. The van der Waals surface area contributed by atoms with Crippen LogP contribution >= 0.6 is 0 Å². The second-order valence-corrected chi connectivity index (χ2v) is 6.27. The Labute approximate surface area is 140 Å². The molecule has 2 N–H and O–H groups in total. The van der Waals surface area contributed by atoms with E-state index in [-0.39, 0.29) is 0 Å². The van der Waals surface area contributed by atoms with Gasteiger partial charge in [-0.1, -0.05) is 12.1 Å². The minimum Gasteiger partial charge on any atom is -0.359 e. The molecule has 0 saturated carbocycles. The summed E-state index contributed by atoms with van der Waals surface area (Å²) in [7, 11) is 1.78. The molecule has 0 unspecified atom stereocenters. The van der Waals surface area contributed by atoms with Crippen LogP contribution in [0.2, 0.25) is 0 Å². The summed E-state index contributed by atoms with van der Waals surface area (Å²) >= 11 is 0. The van der Waals surface area contributed by atoms with Gasteiger partial charge in [-0.2, -0.15) is 0 Å². The molecule has 0 aliphatic heterocycles. The molecule has 0 aromatic carbocycles. The first-order valence-electron chi connectivity index (χ1n) is 8.62. The Balaban J connectivity index is 2.28. The SMILES string of the molecule is CCc1cc(CNC(=NC)NCCCN(C(C)C)C(C)C)on1. The van der Waals surface area contributed by atoms with E-state index in [1.807, 2.05) is 6.07 Å². The molecule has 0 bridgehead atoms. The second kappa shape index (κ2) is 10.3. The zero-order chi connectivity index (χ0) is 17.2. The third kappa shape index (κ3) is 7.03. The van der Waals surface area contributed by atoms with Gasteiger partial charge in [0, 0.05) is 38.3 Å². The summed E-state index contributed by atoms with van der Waals surface area (Å²) in [6.07, 6.45) is 1.97. The van der Waals surface area contributed by atoms with Crippen LogP contribution in [0.3, 0.4) is 0 Å². The van der Waals surface area contributed by atoms with Gasteiger partial charge < -0.3 is 15.2 Å². The Morgan fingerprint density at radius 2 is 1.96 bits per heavy atom. The summed E-state index contributed by atoms with van der Waals surface area (Å²) in [5.74, 6) is 1.62. The molecule has 1 heterocycles. The maximum absolute atomic E-state index is 5.26. The third-order valence-electron chi connectivity index (χ3n) is 3.84. The van der Waals surface area contributed by atoms with E-state index in [4.69, 9.17) is 4.52 Å². The molecule has 132 valence electrons. The molecule has 1 rings (SSSR count). The predicted molar refractivity (Wildman–Crippen MR) is 95.7 cm³/mol. The van der Waals surface area contributed by atoms with Gasteiger partial charge in [0.05, 0.1) is 12.2 Å². The molecule has 0 amide bonds. The van der Waals surface area contributed by atoms with Crippen LogP contribution < -0.4 is 10.6 Å². The predicted octanol–water partition coefficient (Wildman–Crippen LogP) is 2.41. The van der Waals surface area contributed by atoms with Gasteiger partial charge in [0.1, 0.15) is 0 Å². The van der Waals surface area contributed by atoms with Gasteiger partial charge in [-0.15, -0.1) is 0 Å². The maximum Gasteiger partial charge on any atom is 0.191 e. The zero-order valence-corrected chi connectivity index (χ0v) is 15.5. The summed E-state index contributed by atoms with van der Waals surface area (Å²) in [6.45, 7) is 13.6. The van der Waals surface area contributed by atoms with Crippen molar-refractivity contribution in [1.29, 1.82) is 0 Å². The molecule has 1 aromatic heterocycles. The number of aryl methyl sites for hydroxylation is 1. The molecular formula is C17H33N5O. The number of aliphatic imine (C=N–C) groups is 1. The maximum atomic E-state index is 5.26. The molecule has 0 aliphatic carbocycles. The Hall–Kier alpha value is -1.56. The highest BCUT2D eigenvalue weighted by molar-refractivity contribution is 5.79. The molecular weight excluding hydrogens is 290 g/mol. The van der Waals surface area contributed by atoms with Crippen LogP contribution in [0, 0.1) is 0 Å². The number of hydrogen-bond acceptors (Lipinski definition) is 4. The molecule has 0 spiro atoms. The van der Waals surface area contributed by atoms with E-state index in [1.54, 1.807) is 7.05 Å². The van der Waals surface area contributed by atoms with Gasteiger partial charge in [0.15, 0.2) is 11.7 Å². The molecule has 0 atom stereocenters. The van der Waals surface area contributed by atoms with Crippen molar-refractivity contribution in [3.8, 4) is 0 Å². The highest BCUT2D eigenvalue weighted by Gasteiger charge is 2.12. The van der Waals surface area contributed by atoms with Gasteiger partial charge in [0.2, 0.25) is 0 Å². The fraction of sp³-hybridized carbons (Fsp3) is 0.765. The average Bonchev–Trinajstić information content (AvgIpc) is 2.97. The lowest BCUT2D eigenvalue weighted by Gasteiger charge is -2.30. The van der Waals surface area contributed by atoms with Crippen molar-refractivity contribution in [2.45, 2.75) is 66.1 Å². The van der Waals surface area contributed by atoms with Crippen LogP contribution in [0.1, 0.15) is 52.5 Å². The van der Waals surface area contributed by atoms with Gasteiger partial charge in [0.25, 0.3) is 0 Å². The molecule has 23 heavy (non-hydrogen) atoms. The number of guanidine groups is 1. The molecule has 1 aromatic rings. The quantitative estimate of drug-likeness (QED) is 0.415. The van der Waals surface area contributed by atoms with Crippen LogP contribution in [-0.4, -0.2) is 48.2 Å². The average molecular weight is 323 g/mol. The van der Waals surface area contributed by atoms with Crippen LogP contribution in [-0.2, 0) is 13.0 Å². The summed E-state index contributed by atoms with van der Waals surface area (Å²) in [5, 5.41) is 10.6. The van der Waals surface area contributed by atoms with Crippen molar-refractivity contribution in [2.75, 3.05) is 20.1 Å². The van der Waals surface area contributed by atoms with Crippen molar-refractivity contribution in [3.05, 3.63) is 17.5 Å². The zero-order valence-electron chi connectivity index (χ0n) is 15.5. The number of hydrogen-bond donors (Lipinski definition) is 2. The largest absolute Gasteiger partial charge is 0.359 e. The third-order valence-corrected chi connectivity index (χ3v) is 3.84. The number of rotatable bonds is 9. The standard InChI is InChI=1S/C17H33N5O/c1-7-15-11-16(23-21-15)12-20-17(18-6)19-9-8-10-22(13(2)3)14(4)5/h11,13-14H,7-10,12H2,1-6H3,(H2,18,19,20). The normalized spacial score (nSPS) is 12.5. The van der Waals surface area contributed by atoms with Gasteiger partial charge in [-0.3, -0.25) is 9.89 Å². The van der Waals surface area contributed by atoms with Gasteiger partial charge in [-0.05, 0) is 40.5 Å². The Morgan fingerprint density at radius 1 is 1.26 bits per heavy atom. The number of nitrogens with zero attached hydrogens (tertiary/aromatic N) is 3. The monoisotopic (exact) mass is 323 g/mol. The van der Waals surface area contributed by atoms with Crippen molar-refractivity contribution >= 4 is 5.96 Å². The van der Waals surface area contributed by atoms with Crippen molar-refractivity contribution in [1.82, 2.24) is 20.7 Å². The van der Waals surface area contributed by atoms with E-state index in [1.165, 1.54) is 0 Å². The van der Waals surface area contributed by atoms with Crippen LogP contribution in [0.25, 0.3) is 0 Å². The fourth-order valence-electron chi connectivity index (χ4n) is 2.58. The van der Waals surface area contributed by atoms with E-state index in [9.17, 15) is 0 Å². The lowest BCUT2D eigenvalue weighted by atomic mass is 10.2. The first kappa shape index (κ1) is 19.5. The Morgan fingerprint density at radius 3 is 2.48 bits per heavy atom. The highest BCUT2D eigenvalue weighted by Crippen LogP contribution is 2.05. The molecule has 0 saturated heterocycles. The molecule has 6 nitrogen and oxygen atoms in total. The summed E-state index contributed by atoms with van der Waals surface area (Å²) in [4.78, 5) is 6.73. The number of nitrogens with one attached hydrogen (secondary N) is 2. The van der Waals surface area contributed by atoms with E-state index in [0.29, 0.717) is 18.6 Å². The fourth-order valence-corrected chi connectivity index (χ4v) is 2.58. The highest BCUT2D eigenvalue weighted by atomic mass is 16.5. The molecule has 0 radical (unpaired) electrons. The minimum absolute atomic E-state index is 0.576. The van der Waals surface area contributed by atoms with E-state index < -0.39 is 0 Å². The van der Waals surface area contributed by atoms with E-state index >= 15 is 0 Å². The summed E-state index contributed by atoms with van der Waals surface area (Å²) in [5.41, 5.74) is 0.979. The number of aromatic nitrogens is 1. The Bertz CT molecular complexity index is 459. The van der Waals surface area contributed by atoms with Crippen molar-refractivity contribution in [2.24, 2.45) is 4.99 Å². The van der Waals surface area contributed by atoms with Crippen LogP contribution in [0.4, 0.5) is 0 Å². The molecule has 0 aliphatic rings. The van der Waals surface area contributed by atoms with Crippen molar-refractivity contribution < 1.29 is 4.52 Å². The summed E-state index contributed by atoms with van der Waals surface area (Å²) < 4.78 is 5.26. The first-order chi connectivity index (χ1) is 11.0. The van der Waals surface area contributed by atoms with Crippen LogP contribution in [0.5, 0.6) is 0 Å². The van der Waals surface area contributed by atoms with E-state index in [2.05, 4.69) is 60.3 Å². The van der Waals surface area contributed by atoms with Crippen LogP contribution in [0.15, 0.2) is 15.6 Å². The van der Waals surface area contributed by atoms with Gasteiger partial charge in [-0.25, -0.2) is 0 Å². The minimum atomic E-state index is 0.576. The smallest absolute Gasteiger partial charge is 0.191 e. The first-order valence-corrected chi connectivity index (χ1v) is 8.62. The molecule has 6 heteroatoms. The van der Waals surface area contributed by atoms with E-state index in [0.717, 1.165) is 43.3 Å². The Kier molecular flexibility index (Phi) is 8.69.